The molecule has 0 saturated carbocycles. The van der Waals surface area contributed by atoms with Gasteiger partial charge in [-0.25, -0.2) is 4.39 Å². The Bertz CT molecular complexity index is 520. The predicted octanol–water partition coefficient (Wildman–Crippen LogP) is 2.30. The van der Waals surface area contributed by atoms with Crippen LogP contribution in [0.1, 0.15) is 24.7 Å². The number of hydrogen-bond acceptors (Lipinski definition) is 4. The van der Waals surface area contributed by atoms with E-state index in [1.165, 1.54) is 12.1 Å². The van der Waals surface area contributed by atoms with Crippen LogP contribution < -0.4 is 5.32 Å². The standard InChI is InChI=1S/C12H12FN3O/c13-9-4-1-3-8(7-9)12-15-11(16-17-12)10-5-2-6-14-10/h1,3-4,7,10,14H,2,5-6H2. The molecule has 1 aliphatic heterocycles. The molecular formula is C12H12FN3O. The number of halogens is 1. The van der Waals surface area contributed by atoms with Crippen molar-refractivity contribution in [1.29, 1.82) is 0 Å². The van der Waals surface area contributed by atoms with Crippen LogP contribution in [0.25, 0.3) is 11.5 Å². The van der Waals surface area contributed by atoms with Crippen molar-refractivity contribution in [2.24, 2.45) is 0 Å². The zero-order chi connectivity index (χ0) is 11.7. The zero-order valence-electron chi connectivity index (χ0n) is 9.19. The maximum Gasteiger partial charge on any atom is 0.258 e. The second kappa shape index (κ2) is 4.25. The van der Waals surface area contributed by atoms with Gasteiger partial charge in [-0.2, -0.15) is 4.98 Å². The molecule has 1 aromatic heterocycles. The molecule has 17 heavy (non-hydrogen) atoms. The number of nitrogens with one attached hydrogen (secondary N) is 1. The molecular weight excluding hydrogens is 221 g/mol. The lowest BCUT2D eigenvalue weighted by Crippen LogP contribution is -2.14. The number of hydrogen-bond donors (Lipinski definition) is 1. The van der Waals surface area contributed by atoms with Crippen LogP contribution >= 0.6 is 0 Å². The van der Waals surface area contributed by atoms with Crippen LogP contribution in [0.4, 0.5) is 4.39 Å². The SMILES string of the molecule is Fc1cccc(-c2nc(C3CCCN3)no2)c1. The Kier molecular flexibility index (Phi) is 2.60. The third-order valence-corrected chi connectivity index (χ3v) is 2.89. The van der Waals surface area contributed by atoms with E-state index in [1.54, 1.807) is 12.1 Å². The average molecular weight is 233 g/mol. The van der Waals surface area contributed by atoms with Crippen LogP contribution in [0.2, 0.25) is 0 Å². The highest BCUT2D eigenvalue weighted by Gasteiger charge is 2.22. The molecule has 5 heteroatoms. The highest BCUT2D eigenvalue weighted by molar-refractivity contribution is 5.52. The summed E-state index contributed by atoms with van der Waals surface area (Å²) in [7, 11) is 0. The molecule has 2 heterocycles. The molecule has 1 saturated heterocycles. The molecule has 2 aromatic rings. The molecule has 0 radical (unpaired) electrons. The van der Waals surface area contributed by atoms with Crippen molar-refractivity contribution in [3.63, 3.8) is 0 Å². The first kappa shape index (κ1) is 10.4. The van der Waals surface area contributed by atoms with Gasteiger partial charge in [0.25, 0.3) is 5.89 Å². The normalized spacial score (nSPS) is 19.7. The van der Waals surface area contributed by atoms with Gasteiger partial charge in [0, 0.05) is 5.56 Å². The number of aromatic nitrogens is 2. The summed E-state index contributed by atoms with van der Waals surface area (Å²) in [6.45, 7) is 0.981. The summed E-state index contributed by atoms with van der Waals surface area (Å²) >= 11 is 0. The summed E-state index contributed by atoms with van der Waals surface area (Å²) in [4.78, 5) is 4.30. The molecule has 88 valence electrons. The van der Waals surface area contributed by atoms with Crippen molar-refractivity contribution in [3.05, 3.63) is 35.9 Å². The number of rotatable bonds is 2. The van der Waals surface area contributed by atoms with E-state index in [2.05, 4.69) is 15.5 Å². The lowest BCUT2D eigenvalue weighted by atomic mass is 10.2. The van der Waals surface area contributed by atoms with E-state index < -0.39 is 0 Å². The van der Waals surface area contributed by atoms with E-state index in [9.17, 15) is 4.39 Å². The van der Waals surface area contributed by atoms with Gasteiger partial charge in [-0.05, 0) is 37.6 Å². The molecule has 1 unspecified atom stereocenters. The molecule has 3 rings (SSSR count). The third-order valence-electron chi connectivity index (χ3n) is 2.89. The van der Waals surface area contributed by atoms with E-state index in [1.807, 2.05) is 0 Å². The second-order valence-corrected chi connectivity index (χ2v) is 4.12. The summed E-state index contributed by atoms with van der Waals surface area (Å²) in [5.74, 6) is 0.719. The first-order valence-electron chi connectivity index (χ1n) is 5.66. The van der Waals surface area contributed by atoms with Gasteiger partial charge in [0.2, 0.25) is 0 Å². The van der Waals surface area contributed by atoms with Gasteiger partial charge in [0.15, 0.2) is 5.82 Å². The van der Waals surface area contributed by atoms with Gasteiger partial charge in [-0.3, -0.25) is 0 Å². The van der Waals surface area contributed by atoms with Crippen LogP contribution in [0.5, 0.6) is 0 Å². The second-order valence-electron chi connectivity index (χ2n) is 4.12. The fraction of sp³-hybridized carbons (Fsp3) is 0.333. The minimum atomic E-state index is -0.304. The van der Waals surface area contributed by atoms with Gasteiger partial charge in [0.05, 0.1) is 6.04 Å². The topological polar surface area (TPSA) is 51.0 Å². The van der Waals surface area contributed by atoms with Crippen molar-refractivity contribution >= 4 is 0 Å². The van der Waals surface area contributed by atoms with Crippen molar-refractivity contribution in [1.82, 2.24) is 15.5 Å². The molecule has 0 aliphatic carbocycles. The van der Waals surface area contributed by atoms with Crippen molar-refractivity contribution in [2.45, 2.75) is 18.9 Å². The Morgan fingerprint density at radius 3 is 3.12 bits per heavy atom. The molecule has 1 aliphatic rings. The van der Waals surface area contributed by atoms with Crippen LogP contribution in [0, 0.1) is 5.82 Å². The summed E-state index contributed by atoms with van der Waals surface area (Å²) in [6, 6.07) is 6.32. The molecule has 0 bridgehead atoms. The molecule has 0 spiro atoms. The number of benzene rings is 1. The molecule has 1 fully saturated rings. The predicted molar refractivity (Wildman–Crippen MR) is 59.7 cm³/mol. The van der Waals surface area contributed by atoms with Crippen molar-refractivity contribution < 1.29 is 8.91 Å². The minimum Gasteiger partial charge on any atom is -0.334 e. The Morgan fingerprint density at radius 2 is 2.35 bits per heavy atom. The first-order valence-corrected chi connectivity index (χ1v) is 5.66. The van der Waals surface area contributed by atoms with Crippen LogP contribution in [0.3, 0.4) is 0 Å². The monoisotopic (exact) mass is 233 g/mol. The fourth-order valence-electron chi connectivity index (χ4n) is 2.02. The molecule has 1 atom stereocenters. The maximum atomic E-state index is 13.1. The van der Waals surface area contributed by atoms with E-state index in [0.717, 1.165) is 19.4 Å². The van der Waals surface area contributed by atoms with Crippen molar-refractivity contribution in [2.75, 3.05) is 6.54 Å². The Balaban J connectivity index is 1.89. The van der Waals surface area contributed by atoms with E-state index >= 15 is 0 Å². The first-order chi connectivity index (χ1) is 8.33. The van der Waals surface area contributed by atoms with Gasteiger partial charge in [-0.1, -0.05) is 11.2 Å². The lowest BCUT2D eigenvalue weighted by Gasteiger charge is -2.01. The van der Waals surface area contributed by atoms with Gasteiger partial charge in [0.1, 0.15) is 5.82 Å². The summed E-state index contributed by atoms with van der Waals surface area (Å²) in [6.07, 6.45) is 2.14. The highest BCUT2D eigenvalue weighted by Crippen LogP contribution is 2.24. The fourth-order valence-corrected chi connectivity index (χ4v) is 2.02. The largest absolute Gasteiger partial charge is 0.334 e. The summed E-state index contributed by atoms with van der Waals surface area (Å²) < 4.78 is 18.2. The molecule has 4 nitrogen and oxygen atoms in total. The van der Waals surface area contributed by atoms with Gasteiger partial charge >= 0.3 is 0 Å². The Labute approximate surface area is 97.8 Å². The molecule has 1 aromatic carbocycles. The lowest BCUT2D eigenvalue weighted by molar-refractivity contribution is 0.412. The van der Waals surface area contributed by atoms with Gasteiger partial charge < -0.3 is 9.84 Å². The van der Waals surface area contributed by atoms with Crippen LogP contribution in [-0.2, 0) is 0 Å². The maximum absolute atomic E-state index is 13.1. The highest BCUT2D eigenvalue weighted by atomic mass is 19.1. The average Bonchev–Trinajstić information content (AvgIpc) is 3.00. The smallest absolute Gasteiger partial charge is 0.258 e. The Morgan fingerprint density at radius 1 is 1.41 bits per heavy atom. The van der Waals surface area contributed by atoms with Crippen LogP contribution in [-0.4, -0.2) is 16.7 Å². The quantitative estimate of drug-likeness (QED) is 0.864. The summed E-state index contributed by atoms with van der Waals surface area (Å²) in [5.41, 5.74) is 0.613. The van der Waals surface area contributed by atoms with Crippen LogP contribution in [0.15, 0.2) is 28.8 Å². The zero-order valence-corrected chi connectivity index (χ0v) is 9.19. The van der Waals surface area contributed by atoms with Gasteiger partial charge in [-0.15, -0.1) is 0 Å². The molecule has 1 N–H and O–H groups in total. The van der Waals surface area contributed by atoms with E-state index in [0.29, 0.717) is 17.3 Å². The number of nitrogens with zero attached hydrogens (tertiary/aromatic N) is 2. The third kappa shape index (κ3) is 2.06. The molecule has 0 amide bonds. The minimum absolute atomic E-state index is 0.168. The van der Waals surface area contributed by atoms with Crippen molar-refractivity contribution in [3.8, 4) is 11.5 Å². The summed E-state index contributed by atoms with van der Waals surface area (Å²) in [5, 5.41) is 7.22. The van der Waals surface area contributed by atoms with E-state index in [4.69, 9.17) is 4.52 Å². The Hall–Kier alpha value is -1.75. The van der Waals surface area contributed by atoms with E-state index in [-0.39, 0.29) is 11.9 Å².